The Labute approximate surface area is 186 Å². The van der Waals surface area contributed by atoms with E-state index in [4.69, 9.17) is 10.5 Å². The van der Waals surface area contributed by atoms with Gasteiger partial charge in [-0.3, -0.25) is 4.79 Å². The Balaban J connectivity index is 1.71. The van der Waals surface area contributed by atoms with Gasteiger partial charge < -0.3 is 21.1 Å². The summed E-state index contributed by atoms with van der Waals surface area (Å²) in [6, 6.07) is 7.04. The Kier molecular flexibility index (Phi) is 5.00. The summed E-state index contributed by atoms with van der Waals surface area (Å²) in [5.74, 6) is -0.596. The molecule has 0 radical (unpaired) electrons. The number of halogens is 2. The molecule has 0 unspecified atom stereocenters. The summed E-state index contributed by atoms with van der Waals surface area (Å²) in [7, 11) is 0. The number of carbonyl (C=O) groups is 1. The number of benzene rings is 1. The monoisotopic (exact) mass is 451 g/mol. The smallest absolute Gasteiger partial charge is 0.256 e. The Bertz CT molecular complexity index is 1370. The fourth-order valence-electron chi connectivity index (χ4n) is 3.65. The Morgan fingerprint density at radius 3 is 2.73 bits per heavy atom. The van der Waals surface area contributed by atoms with Gasteiger partial charge >= 0.3 is 0 Å². The van der Waals surface area contributed by atoms with Crippen molar-refractivity contribution in [3.8, 4) is 17.0 Å². The van der Waals surface area contributed by atoms with Crippen LogP contribution in [-0.2, 0) is 6.54 Å². The van der Waals surface area contributed by atoms with E-state index in [1.165, 1.54) is 28.9 Å². The first-order chi connectivity index (χ1) is 15.9. The SMILES string of the molecule is C[C@H]1CNC(=O)c2cnn3c(N)c(-c4ccc(F)cc4)c(nc23)NCc2cc(F)cnc2O1. The lowest BCUT2D eigenvalue weighted by molar-refractivity contribution is 0.0932. The molecule has 1 atom stereocenters. The predicted octanol–water partition coefficient (Wildman–Crippen LogP) is 2.77. The van der Waals surface area contributed by atoms with Crippen LogP contribution in [0.5, 0.6) is 5.88 Å². The maximum Gasteiger partial charge on any atom is 0.256 e. The maximum atomic E-state index is 13.9. The first kappa shape index (κ1) is 20.6. The third kappa shape index (κ3) is 3.77. The average Bonchev–Trinajstić information content (AvgIpc) is 3.22. The summed E-state index contributed by atoms with van der Waals surface area (Å²) >= 11 is 0. The van der Waals surface area contributed by atoms with Crippen molar-refractivity contribution in [3.05, 3.63) is 65.5 Å². The molecule has 5 rings (SSSR count). The summed E-state index contributed by atoms with van der Waals surface area (Å²) < 4.78 is 34.7. The third-order valence-corrected chi connectivity index (χ3v) is 5.26. The lowest BCUT2D eigenvalue weighted by atomic mass is 10.1. The second-order valence-electron chi connectivity index (χ2n) is 7.63. The summed E-state index contributed by atoms with van der Waals surface area (Å²) in [5.41, 5.74) is 8.38. The first-order valence-electron chi connectivity index (χ1n) is 10.2. The molecule has 1 aliphatic heterocycles. The number of nitrogens with one attached hydrogen (secondary N) is 2. The Hall–Kier alpha value is -4.28. The van der Waals surface area contributed by atoms with E-state index in [9.17, 15) is 13.6 Å². The van der Waals surface area contributed by atoms with Crippen molar-refractivity contribution in [2.75, 3.05) is 17.6 Å². The molecular formula is C22H19F2N7O2. The Morgan fingerprint density at radius 1 is 1.15 bits per heavy atom. The number of amides is 1. The van der Waals surface area contributed by atoms with E-state index in [0.717, 1.165) is 6.20 Å². The van der Waals surface area contributed by atoms with Gasteiger partial charge in [0.2, 0.25) is 5.88 Å². The van der Waals surface area contributed by atoms with Gasteiger partial charge in [0.05, 0.1) is 24.5 Å². The number of hydrogen-bond donors (Lipinski definition) is 3. The zero-order valence-corrected chi connectivity index (χ0v) is 17.5. The lowest BCUT2D eigenvalue weighted by Gasteiger charge is -2.18. The predicted molar refractivity (Wildman–Crippen MR) is 117 cm³/mol. The van der Waals surface area contributed by atoms with E-state index in [-0.39, 0.29) is 36.0 Å². The average molecular weight is 451 g/mol. The van der Waals surface area contributed by atoms with E-state index in [1.807, 2.05) is 0 Å². The van der Waals surface area contributed by atoms with Crippen molar-refractivity contribution in [1.82, 2.24) is 24.9 Å². The molecule has 4 heterocycles. The second-order valence-corrected chi connectivity index (χ2v) is 7.63. The van der Waals surface area contributed by atoms with Crippen LogP contribution in [0.25, 0.3) is 16.8 Å². The molecule has 0 saturated carbocycles. The number of nitrogens with two attached hydrogens (primary N) is 1. The van der Waals surface area contributed by atoms with Crippen molar-refractivity contribution < 1.29 is 18.3 Å². The number of nitrogens with zero attached hydrogens (tertiary/aromatic N) is 4. The molecule has 0 spiro atoms. The van der Waals surface area contributed by atoms with E-state index in [2.05, 4.69) is 25.7 Å². The molecule has 1 aromatic carbocycles. The highest BCUT2D eigenvalue weighted by atomic mass is 19.1. The van der Waals surface area contributed by atoms with Crippen LogP contribution < -0.4 is 21.1 Å². The van der Waals surface area contributed by atoms with Crippen LogP contribution in [-0.4, -0.2) is 38.1 Å². The molecular weight excluding hydrogens is 432 g/mol. The van der Waals surface area contributed by atoms with Crippen molar-refractivity contribution in [3.63, 3.8) is 0 Å². The normalized spacial score (nSPS) is 16.1. The van der Waals surface area contributed by atoms with E-state index >= 15 is 0 Å². The highest BCUT2D eigenvalue weighted by molar-refractivity contribution is 6.01. The Morgan fingerprint density at radius 2 is 1.94 bits per heavy atom. The number of aromatic nitrogens is 4. The number of carbonyl (C=O) groups excluding carboxylic acids is 1. The van der Waals surface area contributed by atoms with Crippen LogP contribution in [0.2, 0.25) is 0 Å². The lowest BCUT2D eigenvalue weighted by Crippen LogP contribution is -2.33. The highest BCUT2D eigenvalue weighted by Gasteiger charge is 2.23. The second kappa shape index (κ2) is 8.01. The molecule has 1 amide bonds. The number of hydrogen-bond acceptors (Lipinski definition) is 7. The van der Waals surface area contributed by atoms with Crippen LogP contribution in [0.15, 0.2) is 42.7 Å². The molecule has 33 heavy (non-hydrogen) atoms. The maximum absolute atomic E-state index is 13.9. The van der Waals surface area contributed by atoms with Crippen molar-refractivity contribution >= 4 is 23.2 Å². The third-order valence-electron chi connectivity index (χ3n) is 5.26. The molecule has 0 aliphatic carbocycles. The fraction of sp³-hybridized carbons (Fsp3) is 0.182. The van der Waals surface area contributed by atoms with E-state index in [0.29, 0.717) is 22.5 Å². The van der Waals surface area contributed by atoms with Crippen LogP contribution in [0.4, 0.5) is 20.4 Å². The van der Waals surface area contributed by atoms with Crippen molar-refractivity contribution in [2.45, 2.75) is 19.6 Å². The molecule has 9 nitrogen and oxygen atoms in total. The molecule has 4 aromatic rings. The molecule has 168 valence electrons. The number of ether oxygens (including phenoxy) is 1. The van der Waals surface area contributed by atoms with Gasteiger partial charge in [0.25, 0.3) is 5.91 Å². The summed E-state index contributed by atoms with van der Waals surface area (Å²) in [5, 5.41) is 10.2. The first-order valence-corrected chi connectivity index (χ1v) is 10.2. The van der Waals surface area contributed by atoms with Gasteiger partial charge in [-0.05, 0) is 30.7 Å². The highest BCUT2D eigenvalue weighted by Crippen LogP contribution is 2.34. The molecule has 2 bridgehead atoms. The zero-order chi connectivity index (χ0) is 23.1. The number of rotatable bonds is 1. The number of fused-ring (bicyclic) bond motifs is 2. The fourth-order valence-corrected chi connectivity index (χ4v) is 3.65. The topological polar surface area (TPSA) is 119 Å². The summed E-state index contributed by atoms with van der Waals surface area (Å²) in [4.78, 5) is 21.5. The van der Waals surface area contributed by atoms with Gasteiger partial charge in [0.15, 0.2) is 5.65 Å². The van der Waals surface area contributed by atoms with Crippen LogP contribution in [0, 0.1) is 11.6 Å². The molecule has 4 N–H and O–H groups in total. The number of nitrogen functional groups attached to an aromatic ring is 1. The van der Waals surface area contributed by atoms with Gasteiger partial charge in [-0.2, -0.15) is 9.61 Å². The molecule has 3 aromatic heterocycles. The minimum atomic E-state index is -0.524. The zero-order valence-electron chi connectivity index (χ0n) is 17.5. The van der Waals surface area contributed by atoms with E-state index < -0.39 is 23.6 Å². The van der Waals surface area contributed by atoms with Gasteiger partial charge in [-0.15, -0.1) is 0 Å². The summed E-state index contributed by atoms with van der Waals surface area (Å²) in [6.45, 7) is 2.05. The van der Waals surface area contributed by atoms with E-state index in [1.54, 1.807) is 19.1 Å². The van der Waals surface area contributed by atoms with Crippen molar-refractivity contribution in [2.24, 2.45) is 0 Å². The molecule has 1 aliphatic rings. The van der Waals surface area contributed by atoms with Gasteiger partial charge in [-0.25, -0.2) is 18.7 Å². The summed E-state index contributed by atoms with van der Waals surface area (Å²) in [6.07, 6.45) is 2.00. The van der Waals surface area contributed by atoms with Crippen LogP contribution >= 0.6 is 0 Å². The number of pyridine rings is 1. The minimum Gasteiger partial charge on any atom is -0.473 e. The van der Waals surface area contributed by atoms with Crippen molar-refractivity contribution in [1.29, 1.82) is 0 Å². The largest absolute Gasteiger partial charge is 0.473 e. The quantitative estimate of drug-likeness (QED) is 0.407. The molecule has 0 saturated heterocycles. The standard InChI is InChI=1S/C22H19F2N7O2/c1-11-7-27-21(32)16-10-29-31-18(25)17(12-2-4-14(23)5-3-12)19(30-20(16)31)26-8-13-6-15(24)9-28-22(13)33-11/h2-6,9-11H,7-8,25H2,1H3,(H,26,30)(H,27,32)/t11-/m0/s1. The van der Waals surface area contributed by atoms with Crippen LogP contribution in [0.1, 0.15) is 22.8 Å². The van der Waals surface area contributed by atoms with Crippen LogP contribution in [0.3, 0.4) is 0 Å². The number of anilines is 2. The van der Waals surface area contributed by atoms with Gasteiger partial charge in [0.1, 0.15) is 34.9 Å². The van der Waals surface area contributed by atoms with Gasteiger partial charge in [0, 0.05) is 12.1 Å². The van der Waals surface area contributed by atoms with Gasteiger partial charge in [-0.1, -0.05) is 12.1 Å². The minimum absolute atomic E-state index is 0.106. The molecule has 0 fully saturated rings. The molecule has 11 heteroatoms.